The zero-order valence-electron chi connectivity index (χ0n) is 22.1. The summed E-state index contributed by atoms with van der Waals surface area (Å²) in [6, 6.07) is 14.5. The van der Waals surface area contributed by atoms with Crippen LogP contribution in [0.4, 0.5) is 5.69 Å². The van der Waals surface area contributed by atoms with Crippen molar-refractivity contribution in [3.8, 4) is 0 Å². The van der Waals surface area contributed by atoms with Gasteiger partial charge in [-0.25, -0.2) is 8.42 Å². The second-order valence-corrected chi connectivity index (χ2v) is 12.5. The number of benzene rings is 3. The molecule has 0 fully saturated rings. The highest BCUT2D eigenvalue weighted by molar-refractivity contribution is 7.92. The number of anilines is 1. The van der Waals surface area contributed by atoms with Crippen molar-refractivity contribution in [3.63, 3.8) is 0 Å². The number of halogens is 4. The highest BCUT2D eigenvalue weighted by Gasteiger charge is 2.34. The predicted octanol–water partition coefficient (Wildman–Crippen LogP) is 6.75. The van der Waals surface area contributed by atoms with Gasteiger partial charge in [0.05, 0.1) is 20.6 Å². The molecule has 3 aromatic rings. The summed E-state index contributed by atoms with van der Waals surface area (Å²) in [5, 5.41) is 3.82. The van der Waals surface area contributed by atoms with Crippen molar-refractivity contribution in [1.29, 1.82) is 0 Å². The number of carbonyl (C=O) groups is 2. The zero-order valence-corrected chi connectivity index (χ0v) is 26.0. The normalized spacial score (nSPS) is 12.1. The molecule has 3 aromatic carbocycles. The monoisotopic (exact) mass is 643 g/mol. The highest BCUT2D eigenvalue weighted by Crippen LogP contribution is 2.31. The first kappa shape index (κ1) is 32.0. The van der Waals surface area contributed by atoms with Crippen LogP contribution in [0.3, 0.4) is 0 Å². The van der Waals surface area contributed by atoms with Crippen LogP contribution in [0.1, 0.15) is 31.4 Å². The van der Waals surface area contributed by atoms with E-state index in [4.69, 9.17) is 46.4 Å². The smallest absolute Gasteiger partial charge is 0.264 e. The van der Waals surface area contributed by atoms with Crippen molar-refractivity contribution in [1.82, 2.24) is 10.2 Å². The molecule has 0 radical (unpaired) electrons. The summed E-state index contributed by atoms with van der Waals surface area (Å²) in [7, 11) is -4.24. The number of nitrogens with zero attached hydrogens (tertiary/aromatic N) is 2. The number of nitrogens with one attached hydrogen (secondary N) is 1. The Morgan fingerprint density at radius 1 is 0.875 bits per heavy atom. The molecule has 1 N–H and O–H groups in total. The van der Waals surface area contributed by atoms with Gasteiger partial charge in [-0.15, -0.1) is 0 Å². The molecule has 0 heterocycles. The molecule has 0 spiro atoms. The van der Waals surface area contributed by atoms with Gasteiger partial charge in [0.15, 0.2) is 0 Å². The standard InChI is InChI=1S/C28H29Cl4N3O4S/c1-4-26(28(37)33-5-2)34(16-19-8-9-20(29)14-24(19)31)27(36)17-35(21-10-13-23(30)25(32)15-21)40(38,39)22-11-6-18(3)7-12-22/h6-15,26H,4-5,16-17H2,1-3H3,(H,33,37). The molecule has 40 heavy (non-hydrogen) atoms. The molecule has 7 nitrogen and oxygen atoms in total. The van der Waals surface area contributed by atoms with E-state index in [1.165, 1.54) is 41.3 Å². The first-order chi connectivity index (χ1) is 18.9. The van der Waals surface area contributed by atoms with Crippen molar-refractivity contribution in [3.05, 3.63) is 91.9 Å². The second kappa shape index (κ2) is 13.9. The lowest BCUT2D eigenvalue weighted by molar-refractivity contribution is -0.140. The van der Waals surface area contributed by atoms with Gasteiger partial charge in [0, 0.05) is 23.1 Å². The summed E-state index contributed by atoms with van der Waals surface area (Å²) in [4.78, 5) is 28.3. The Labute approximate surface area is 255 Å². The topological polar surface area (TPSA) is 86.8 Å². The molecule has 3 rings (SSSR count). The van der Waals surface area contributed by atoms with E-state index in [9.17, 15) is 18.0 Å². The van der Waals surface area contributed by atoms with E-state index in [1.807, 2.05) is 6.92 Å². The second-order valence-electron chi connectivity index (χ2n) is 9.00. The lowest BCUT2D eigenvalue weighted by Gasteiger charge is -2.33. The van der Waals surface area contributed by atoms with Crippen LogP contribution < -0.4 is 9.62 Å². The third kappa shape index (κ3) is 7.62. The van der Waals surface area contributed by atoms with Crippen molar-refractivity contribution < 1.29 is 18.0 Å². The van der Waals surface area contributed by atoms with E-state index in [-0.39, 0.29) is 39.5 Å². The van der Waals surface area contributed by atoms with Crippen LogP contribution >= 0.6 is 46.4 Å². The number of amides is 2. The Balaban J connectivity index is 2.10. The largest absolute Gasteiger partial charge is 0.355 e. The fourth-order valence-corrected chi connectivity index (χ4v) is 6.22. The molecule has 0 aliphatic rings. The molecular weight excluding hydrogens is 616 g/mol. The third-order valence-corrected chi connectivity index (χ3v) is 9.29. The van der Waals surface area contributed by atoms with Gasteiger partial charge in [-0.2, -0.15) is 0 Å². The SMILES string of the molecule is CCNC(=O)C(CC)N(Cc1ccc(Cl)cc1Cl)C(=O)CN(c1ccc(Cl)c(Cl)c1)S(=O)(=O)c1ccc(C)cc1. The number of carbonyl (C=O) groups excluding carboxylic acids is 2. The lowest BCUT2D eigenvalue weighted by atomic mass is 10.1. The van der Waals surface area contributed by atoms with Gasteiger partial charge in [-0.3, -0.25) is 13.9 Å². The average molecular weight is 645 g/mol. The number of sulfonamides is 1. The van der Waals surface area contributed by atoms with E-state index in [1.54, 1.807) is 38.1 Å². The Morgan fingerprint density at radius 3 is 2.12 bits per heavy atom. The first-order valence-corrected chi connectivity index (χ1v) is 15.4. The summed E-state index contributed by atoms with van der Waals surface area (Å²) in [6.07, 6.45) is 0.278. The van der Waals surface area contributed by atoms with Crippen LogP contribution in [0, 0.1) is 6.92 Å². The summed E-state index contributed by atoms with van der Waals surface area (Å²) < 4.78 is 28.7. The molecule has 0 aliphatic carbocycles. The first-order valence-electron chi connectivity index (χ1n) is 12.4. The predicted molar refractivity (Wildman–Crippen MR) is 162 cm³/mol. The van der Waals surface area contributed by atoms with E-state index >= 15 is 0 Å². The molecule has 1 atom stereocenters. The molecule has 1 unspecified atom stereocenters. The van der Waals surface area contributed by atoms with Gasteiger partial charge in [0.2, 0.25) is 11.8 Å². The Kier molecular flexibility index (Phi) is 11.1. The van der Waals surface area contributed by atoms with E-state index in [0.29, 0.717) is 22.2 Å². The van der Waals surface area contributed by atoms with E-state index in [0.717, 1.165) is 9.87 Å². The fourth-order valence-electron chi connectivity index (χ4n) is 4.05. The number of hydrogen-bond acceptors (Lipinski definition) is 4. The Morgan fingerprint density at radius 2 is 1.55 bits per heavy atom. The van der Waals surface area contributed by atoms with Crippen LogP contribution in [0.2, 0.25) is 20.1 Å². The molecule has 2 amide bonds. The molecule has 214 valence electrons. The molecule has 0 saturated carbocycles. The molecule has 0 saturated heterocycles. The van der Waals surface area contributed by atoms with Gasteiger partial charge in [-0.05, 0) is 68.3 Å². The van der Waals surface area contributed by atoms with Gasteiger partial charge in [0.1, 0.15) is 12.6 Å². The van der Waals surface area contributed by atoms with E-state index < -0.39 is 28.5 Å². The summed E-state index contributed by atoms with van der Waals surface area (Å²) >= 11 is 24.8. The number of hydrogen-bond donors (Lipinski definition) is 1. The summed E-state index contributed by atoms with van der Waals surface area (Å²) in [6.45, 7) is 5.06. The number of aryl methyl sites for hydroxylation is 1. The Bertz CT molecular complexity index is 1480. The summed E-state index contributed by atoms with van der Waals surface area (Å²) in [5.74, 6) is -0.989. The van der Waals surface area contributed by atoms with Crippen LogP contribution in [0.5, 0.6) is 0 Å². The quantitative estimate of drug-likeness (QED) is 0.250. The van der Waals surface area contributed by atoms with Crippen LogP contribution in [0.15, 0.2) is 65.6 Å². The molecule has 0 bridgehead atoms. The van der Waals surface area contributed by atoms with Crippen molar-refractivity contribution in [2.24, 2.45) is 0 Å². The highest BCUT2D eigenvalue weighted by atomic mass is 35.5. The minimum Gasteiger partial charge on any atom is -0.355 e. The maximum absolute atomic E-state index is 14.0. The molecule has 0 aromatic heterocycles. The van der Waals surface area contributed by atoms with Crippen molar-refractivity contribution in [2.75, 3.05) is 17.4 Å². The van der Waals surface area contributed by atoms with Crippen LogP contribution in [-0.4, -0.2) is 44.3 Å². The molecule has 0 aliphatic heterocycles. The minimum absolute atomic E-state index is 0.0139. The fraction of sp³-hybridized carbons (Fsp3) is 0.286. The lowest BCUT2D eigenvalue weighted by Crippen LogP contribution is -2.52. The zero-order chi connectivity index (χ0) is 29.6. The molecule has 12 heteroatoms. The van der Waals surface area contributed by atoms with Gasteiger partial charge in [0.25, 0.3) is 10.0 Å². The van der Waals surface area contributed by atoms with Gasteiger partial charge >= 0.3 is 0 Å². The Hall–Kier alpha value is -2.49. The van der Waals surface area contributed by atoms with Gasteiger partial charge < -0.3 is 10.2 Å². The average Bonchev–Trinajstić information content (AvgIpc) is 2.90. The number of rotatable bonds is 11. The van der Waals surface area contributed by atoms with E-state index in [2.05, 4.69) is 5.32 Å². The van der Waals surface area contributed by atoms with Gasteiger partial charge in [-0.1, -0.05) is 77.1 Å². The van der Waals surface area contributed by atoms with Crippen molar-refractivity contribution in [2.45, 2.75) is 44.7 Å². The molecular formula is C28H29Cl4N3O4S. The van der Waals surface area contributed by atoms with Crippen LogP contribution in [-0.2, 0) is 26.2 Å². The minimum atomic E-state index is -4.24. The number of likely N-dealkylation sites (N-methyl/N-ethyl adjacent to an activating group) is 1. The van der Waals surface area contributed by atoms with Crippen molar-refractivity contribution >= 4 is 73.9 Å². The maximum Gasteiger partial charge on any atom is 0.264 e. The maximum atomic E-state index is 14.0. The summed E-state index contributed by atoms with van der Waals surface area (Å²) in [5.41, 5.74) is 1.55. The third-order valence-electron chi connectivity index (χ3n) is 6.17. The van der Waals surface area contributed by atoms with Crippen LogP contribution in [0.25, 0.3) is 0 Å².